The number of rotatable bonds is 4. The normalized spacial score (nSPS) is 11.5. The second-order valence-electron chi connectivity index (χ2n) is 10.4. The average Bonchev–Trinajstić information content (AvgIpc) is 3.43. The van der Waals surface area contributed by atoms with Gasteiger partial charge < -0.3 is 0 Å². The summed E-state index contributed by atoms with van der Waals surface area (Å²) in [5.74, 6) is 0.729. The van der Waals surface area contributed by atoms with E-state index >= 15 is 0 Å². The zero-order valence-electron chi connectivity index (χ0n) is 22.5. The van der Waals surface area contributed by atoms with Crippen LogP contribution in [-0.2, 0) is 0 Å². The van der Waals surface area contributed by atoms with E-state index in [0.717, 1.165) is 38.4 Å². The van der Waals surface area contributed by atoms with E-state index in [1.807, 2.05) is 35.6 Å². The highest BCUT2D eigenvalue weighted by Gasteiger charge is 2.15. The van der Waals surface area contributed by atoms with Gasteiger partial charge in [-0.3, -0.25) is 0 Å². The first-order valence-corrected chi connectivity index (χ1v) is 15.5. The monoisotopic (exact) mass is 618 g/mol. The van der Waals surface area contributed by atoms with Crippen molar-refractivity contribution < 1.29 is 0 Å². The minimum Gasteiger partial charge on any atom is -0.228 e. The van der Waals surface area contributed by atoms with Crippen LogP contribution in [0.1, 0.15) is 0 Å². The fraction of sp³-hybridized carbons (Fsp3) is 0. The second kappa shape index (κ2) is 10.3. The lowest BCUT2D eigenvalue weighted by atomic mass is 9.97. The average molecular weight is 620 g/mol. The number of nitrogens with zero attached hydrogens (tertiary/aromatic N) is 2. The number of thiophene rings is 1. The maximum absolute atomic E-state index is 5.06. The lowest BCUT2D eigenvalue weighted by Crippen LogP contribution is -1.95. The Balaban J connectivity index is 1.32. The molecule has 2 heterocycles. The standard InChI is InChI=1S/C38H23BrN2S/c39-28-20-26-14-7-8-15-29(26)33(22-28)32-17-9-16-31-30-19-18-27(21-36(30)42-37(31)32)35-23-34(24-10-3-1-4-11-24)40-38(41-35)25-12-5-2-6-13-25/h1-23H. The Hall–Kier alpha value is -4.64. The van der Waals surface area contributed by atoms with E-state index in [1.165, 1.54) is 42.1 Å². The Labute approximate surface area is 256 Å². The van der Waals surface area contributed by atoms with Gasteiger partial charge in [0.2, 0.25) is 0 Å². The van der Waals surface area contributed by atoms with E-state index in [4.69, 9.17) is 9.97 Å². The first kappa shape index (κ1) is 25.1. The third-order valence-electron chi connectivity index (χ3n) is 7.74. The van der Waals surface area contributed by atoms with Crippen LogP contribution in [0.4, 0.5) is 0 Å². The molecule has 8 rings (SSSR count). The Morgan fingerprint density at radius 2 is 1.17 bits per heavy atom. The van der Waals surface area contributed by atoms with Gasteiger partial charge in [-0.05, 0) is 40.6 Å². The molecule has 2 aromatic heterocycles. The molecule has 2 nitrogen and oxygen atoms in total. The summed E-state index contributed by atoms with van der Waals surface area (Å²) in [6, 6.07) is 49.1. The molecule has 0 aliphatic carbocycles. The quantitative estimate of drug-likeness (QED) is 0.196. The van der Waals surface area contributed by atoms with Crippen molar-refractivity contribution in [1.29, 1.82) is 0 Å². The molecule has 0 aliphatic rings. The van der Waals surface area contributed by atoms with E-state index < -0.39 is 0 Å². The van der Waals surface area contributed by atoms with Crippen LogP contribution in [0.5, 0.6) is 0 Å². The maximum Gasteiger partial charge on any atom is 0.160 e. The van der Waals surface area contributed by atoms with Crippen LogP contribution < -0.4 is 0 Å². The molecule has 0 radical (unpaired) electrons. The van der Waals surface area contributed by atoms with Gasteiger partial charge in [0, 0.05) is 46.9 Å². The van der Waals surface area contributed by atoms with Crippen molar-refractivity contribution in [3.05, 3.63) is 144 Å². The topological polar surface area (TPSA) is 25.8 Å². The predicted molar refractivity (Wildman–Crippen MR) is 182 cm³/mol. The number of fused-ring (bicyclic) bond motifs is 4. The fourth-order valence-electron chi connectivity index (χ4n) is 5.73. The summed E-state index contributed by atoms with van der Waals surface area (Å²) in [7, 11) is 0. The number of halogens is 1. The van der Waals surface area contributed by atoms with Crippen molar-refractivity contribution in [2.45, 2.75) is 0 Å². The first-order chi connectivity index (χ1) is 20.7. The molecule has 4 heteroatoms. The van der Waals surface area contributed by atoms with Crippen molar-refractivity contribution in [1.82, 2.24) is 9.97 Å². The van der Waals surface area contributed by atoms with Gasteiger partial charge in [-0.15, -0.1) is 11.3 Å². The zero-order chi connectivity index (χ0) is 28.0. The fourth-order valence-corrected chi connectivity index (χ4v) is 7.48. The van der Waals surface area contributed by atoms with Crippen LogP contribution in [0.3, 0.4) is 0 Å². The highest BCUT2D eigenvalue weighted by Crippen LogP contribution is 2.43. The molecular formula is C38H23BrN2S. The molecule has 0 bridgehead atoms. The van der Waals surface area contributed by atoms with Gasteiger partial charge in [-0.2, -0.15) is 0 Å². The van der Waals surface area contributed by atoms with Crippen LogP contribution in [0.25, 0.3) is 76.0 Å². The number of aromatic nitrogens is 2. The van der Waals surface area contributed by atoms with Gasteiger partial charge >= 0.3 is 0 Å². The van der Waals surface area contributed by atoms with Crippen molar-refractivity contribution in [2.75, 3.05) is 0 Å². The molecule has 42 heavy (non-hydrogen) atoms. The molecule has 0 fully saturated rings. The van der Waals surface area contributed by atoms with Crippen LogP contribution in [0.2, 0.25) is 0 Å². The van der Waals surface area contributed by atoms with Crippen molar-refractivity contribution >= 4 is 58.2 Å². The van der Waals surface area contributed by atoms with Crippen molar-refractivity contribution in [3.63, 3.8) is 0 Å². The minimum atomic E-state index is 0.729. The maximum atomic E-state index is 5.06. The molecule has 0 unspecified atom stereocenters. The van der Waals surface area contributed by atoms with Crippen molar-refractivity contribution in [3.8, 4) is 45.0 Å². The summed E-state index contributed by atoms with van der Waals surface area (Å²) < 4.78 is 3.63. The Morgan fingerprint density at radius 3 is 1.98 bits per heavy atom. The number of hydrogen-bond acceptors (Lipinski definition) is 3. The lowest BCUT2D eigenvalue weighted by Gasteiger charge is -2.09. The predicted octanol–water partition coefficient (Wildman–Crippen LogP) is 11.4. The van der Waals surface area contributed by atoms with E-state index in [9.17, 15) is 0 Å². The highest BCUT2D eigenvalue weighted by molar-refractivity contribution is 9.10. The van der Waals surface area contributed by atoms with Crippen LogP contribution in [0.15, 0.2) is 144 Å². The van der Waals surface area contributed by atoms with Gasteiger partial charge in [0.25, 0.3) is 0 Å². The van der Waals surface area contributed by atoms with Crippen LogP contribution in [0, 0.1) is 0 Å². The summed E-state index contributed by atoms with van der Waals surface area (Å²) in [6.07, 6.45) is 0. The van der Waals surface area contributed by atoms with Gasteiger partial charge in [-0.25, -0.2) is 9.97 Å². The molecule has 0 atom stereocenters. The van der Waals surface area contributed by atoms with E-state index in [-0.39, 0.29) is 0 Å². The van der Waals surface area contributed by atoms with Gasteiger partial charge in [0.1, 0.15) is 0 Å². The largest absolute Gasteiger partial charge is 0.228 e. The van der Waals surface area contributed by atoms with Gasteiger partial charge in [0.05, 0.1) is 11.4 Å². The summed E-state index contributed by atoms with van der Waals surface area (Å²) in [4.78, 5) is 10.0. The summed E-state index contributed by atoms with van der Waals surface area (Å²) in [5.41, 5.74) is 7.50. The molecule has 0 N–H and O–H groups in total. The molecule has 198 valence electrons. The number of hydrogen-bond donors (Lipinski definition) is 0. The molecule has 8 aromatic rings. The minimum absolute atomic E-state index is 0.729. The van der Waals surface area contributed by atoms with Crippen LogP contribution in [-0.4, -0.2) is 9.97 Å². The number of benzene rings is 6. The molecule has 0 spiro atoms. The van der Waals surface area contributed by atoms with E-state index in [2.05, 4.69) is 131 Å². The van der Waals surface area contributed by atoms with E-state index in [1.54, 1.807) is 0 Å². The third kappa shape index (κ3) is 4.40. The Morgan fingerprint density at radius 1 is 0.476 bits per heavy atom. The summed E-state index contributed by atoms with van der Waals surface area (Å²) in [5, 5.41) is 5.03. The third-order valence-corrected chi connectivity index (χ3v) is 9.40. The lowest BCUT2D eigenvalue weighted by molar-refractivity contribution is 1.18. The molecule has 0 saturated carbocycles. The second-order valence-corrected chi connectivity index (χ2v) is 12.3. The Bertz CT molecular complexity index is 2200. The van der Waals surface area contributed by atoms with Crippen LogP contribution >= 0.6 is 27.3 Å². The first-order valence-electron chi connectivity index (χ1n) is 13.9. The molecule has 6 aromatic carbocycles. The smallest absolute Gasteiger partial charge is 0.160 e. The Kier molecular flexibility index (Phi) is 6.17. The molecule has 0 saturated heterocycles. The van der Waals surface area contributed by atoms with Gasteiger partial charge in [-0.1, -0.05) is 131 Å². The summed E-state index contributed by atoms with van der Waals surface area (Å²) in [6.45, 7) is 0. The SMILES string of the molecule is Brc1cc(-c2cccc3c2sc2cc(-c4cc(-c5ccccc5)nc(-c5ccccc5)n4)ccc23)c2ccccc2c1. The molecule has 0 aliphatic heterocycles. The summed E-state index contributed by atoms with van der Waals surface area (Å²) >= 11 is 5.60. The molecular weight excluding hydrogens is 596 g/mol. The highest BCUT2D eigenvalue weighted by atomic mass is 79.9. The molecule has 0 amide bonds. The zero-order valence-corrected chi connectivity index (χ0v) is 24.9. The van der Waals surface area contributed by atoms with E-state index in [0.29, 0.717) is 0 Å². The van der Waals surface area contributed by atoms with Crippen molar-refractivity contribution in [2.24, 2.45) is 0 Å². The van der Waals surface area contributed by atoms with Gasteiger partial charge in [0.15, 0.2) is 5.82 Å².